The molecule has 1 saturated heterocycles. The van der Waals surface area contributed by atoms with E-state index in [9.17, 15) is 4.79 Å². The summed E-state index contributed by atoms with van der Waals surface area (Å²) in [6, 6.07) is 9.87. The van der Waals surface area contributed by atoms with Crippen LogP contribution in [-0.2, 0) is 6.54 Å². The molecule has 1 unspecified atom stereocenters. The van der Waals surface area contributed by atoms with Crippen molar-refractivity contribution in [2.24, 2.45) is 5.92 Å². The minimum absolute atomic E-state index is 0.0426. The van der Waals surface area contributed by atoms with E-state index in [1.165, 1.54) is 0 Å². The number of nitrogens with one attached hydrogen (secondary N) is 1. The Labute approximate surface area is 175 Å². The Kier molecular flexibility index (Phi) is 5.76. The van der Waals surface area contributed by atoms with Crippen LogP contribution >= 0.6 is 11.8 Å². The lowest BCUT2D eigenvalue weighted by Crippen LogP contribution is -2.33. The standard InChI is InChI=1S/C22H27N5OS/c1-15(2)13-27-20-12-23-9-7-19(20)25-21(27)16-8-10-26(14-16)22(28)24-17-5-4-6-18(11-17)29-3/h4-7,9,11-12,15-16H,8,10,13-14H2,1-3H3,(H,24,28). The molecule has 1 fully saturated rings. The fourth-order valence-electron chi connectivity index (χ4n) is 3.92. The summed E-state index contributed by atoms with van der Waals surface area (Å²) >= 11 is 1.67. The molecule has 0 aliphatic carbocycles. The first-order valence-corrected chi connectivity index (χ1v) is 11.3. The van der Waals surface area contributed by atoms with Crippen molar-refractivity contribution >= 4 is 34.5 Å². The number of benzene rings is 1. The molecule has 0 saturated carbocycles. The highest BCUT2D eigenvalue weighted by molar-refractivity contribution is 7.98. The molecule has 1 aliphatic heterocycles. The SMILES string of the molecule is CSc1cccc(NC(=O)N2CCC(c3nc4ccncc4n3CC(C)C)C2)c1. The summed E-state index contributed by atoms with van der Waals surface area (Å²) in [5, 5.41) is 3.04. The molecule has 152 valence electrons. The largest absolute Gasteiger partial charge is 0.326 e. The maximum Gasteiger partial charge on any atom is 0.321 e. The Morgan fingerprint density at radius 2 is 2.21 bits per heavy atom. The molecule has 1 N–H and O–H groups in total. The highest BCUT2D eigenvalue weighted by Gasteiger charge is 2.31. The Hall–Kier alpha value is -2.54. The Morgan fingerprint density at radius 1 is 1.34 bits per heavy atom. The molecule has 1 aliphatic rings. The lowest BCUT2D eigenvalue weighted by Gasteiger charge is -2.19. The molecule has 4 rings (SSSR count). The van der Waals surface area contributed by atoms with Crippen molar-refractivity contribution in [2.45, 2.75) is 37.6 Å². The van der Waals surface area contributed by atoms with E-state index in [4.69, 9.17) is 4.98 Å². The number of rotatable bonds is 5. The lowest BCUT2D eigenvalue weighted by atomic mass is 10.1. The van der Waals surface area contributed by atoms with E-state index in [1.807, 2.05) is 47.7 Å². The average molecular weight is 410 g/mol. The third-order valence-corrected chi connectivity index (χ3v) is 6.01. The van der Waals surface area contributed by atoms with Crippen molar-refractivity contribution < 1.29 is 4.79 Å². The van der Waals surface area contributed by atoms with Gasteiger partial charge in [-0.15, -0.1) is 11.8 Å². The van der Waals surface area contributed by atoms with Crippen LogP contribution in [0.3, 0.4) is 0 Å². The molecule has 2 amide bonds. The normalized spacial score (nSPS) is 16.7. The molecule has 6 nitrogen and oxygen atoms in total. The van der Waals surface area contributed by atoms with E-state index in [0.29, 0.717) is 12.5 Å². The number of carbonyl (C=O) groups excluding carboxylic acids is 1. The number of carbonyl (C=O) groups is 1. The number of urea groups is 1. The minimum Gasteiger partial charge on any atom is -0.326 e. The van der Waals surface area contributed by atoms with Crippen molar-refractivity contribution in [1.82, 2.24) is 19.4 Å². The molecule has 3 aromatic rings. The molecule has 7 heteroatoms. The van der Waals surface area contributed by atoms with Gasteiger partial charge in [0, 0.05) is 42.3 Å². The molecule has 1 atom stereocenters. The van der Waals surface area contributed by atoms with Gasteiger partial charge in [-0.3, -0.25) is 4.98 Å². The molecule has 2 aromatic heterocycles. The second-order valence-electron chi connectivity index (χ2n) is 7.93. The van der Waals surface area contributed by atoms with Crippen LogP contribution in [0.5, 0.6) is 0 Å². The van der Waals surface area contributed by atoms with Crippen LogP contribution in [0.2, 0.25) is 0 Å². The number of amides is 2. The van der Waals surface area contributed by atoms with Gasteiger partial charge in [0.05, 0.1) is 17.2 Å². The van der Waals surface area contributed by atoms with Crippen LogP contribution in [0.1, 0.15) is 32.0 Å². The van der Waals surface area contributed by atoms with Gasteiger partial charge in [-0.1, -0.05) is 19.9 Å². The van der Waals surface area contributed by atoms with Crippen LogP contribution in [-0.4, -0.2) is 44.8 Å². The Morgan fingerprint density at radius 3 is 3.00 bits per heavy atom. The molecular weight excluding hydrogens is 382 g/mol. The molecule has 1 aromatic carbocycles. The van der Waals surface area contributed by atoms with E-state index < -0.39 is 0 Å². The van der Waals surface area contributed by atoms with Gasteiger partial charge in [-0.25, -0.2) is 9.78 Å². The smallest absolute Gasteiger partial charge is 0.321 e. The summed E-state index contributed by atoms with van der Waals surface area (Å²) in [4.78, 5) is 25.0. The lowest BCUT2D eigenvalue weighted by molar-refractivity contribution is 0.222. The van der Waals surface area contributed by atoms with E-state index >= 15 is 0 Å². The van der Waals surface area contributed by atoms with Crippen molar-refractivity contribution in [3.63, 3.8) is 0 Å². The van der Waals surface area contributed by atoms with Crippen LogP contribution in [0.4, 0.5) is 10.5 Å². The van der Waals surface area contributed by atoms with Gasteiger partial charge < -0.3 is 14.8 Å². The van der Waals surface area contributed by atoms with Gasteiger partial charge in [0.1, 0.15) is 5.82 Å². The fourth-order valence-corrected chi connectivity index (χ4v) is 4.38. The quantitative estimate of drug-likeness (QED) is 0.613. The van der Waals surface area contributed by atoms with Crippen LogP contribution < -0.4 is 5.32 Å². The van der Waals surface area contributed by atoms with Gasteiger partial charge in [0.15, 0.2) is 0 Å². The van der Waals surface area contributed by atoms with E-state index in [2.05, 4.69) is 28.7 Å². The number of thioether (sulfide) groups is 1. The van der Waals surface area contributed by atoms with Crippen molar-refractivity contribution in [2.75, 3.05) is 24.7 Å². The molecule has 0 bridgehead atoms. The monoisotopic (exact) mass is 409 g/mol. The predicted molar refractivity (Wildman–Crippen MR) is 119 cm³/mol. The summed E-state index contributed by atoms with van der Waals surface area (Å²) in [5.74, 6) is 1.82. The first kappa shape index (κ1) is 19.8. The highest BCUT2D eigenvalue weighted by Crippen LogP contribution is 2.30. The zero-order chi connectivity index (χ0) is 20.4. The van der Waals surface area contributed by atoms with E-state index in [0.717, 1.165) is 47.0 Å². The maximum absolute atomic E-state index is 12.8. The summed E-state index contributed by atoms with van der Waals surface area (Å²) in [6.07, 6.45) is 6.64. The van der Waals surface area contributed by atoms with Gasteiger partial charge >= 0.3 is 6.03 Å². The average Bonchev–Trinajstić information content (AvgIpc) is 3.33. The number of aromatic nitrogens is 3. The molecule has 29 heavy (non-hydrogen) atoms. The molecular formula is C22H27N5OS. The maximum atomic E-state index is 12.8. The number of nitrogens with zero attached hydrogens (tertiary/aromatic N) is 4. The number of hydrogen-bond acceptors (Lipinski definition) is 4. The highest BCUT2D eigenvalue weighted by atomic mass is 32.2. The van der Waals surface area contributed by atoms with Crippen molar-refractivity contribution in [3.8, 4) is 0 Å². The number of likely N-dealkylation sites (tertiary alicyclic amines) is 1. The van der Waals surface area contributed by atoms with Gasteiger partial charge in [-0.2, -0.15) is 0 Å². The number of anilines is 1. The number of imidazole rings is 1. The van der Waals surface area contributed by atoms with Gasteiger partial charge in [0.2, 0.25) is 0 Å². The molecule has 0 radical (unpaired) electrons. The van der Waals surface area contributed by atoms with Gasteiger partial charge in [-0.05, 0) is 42.9 Å². The summed E-state index contributed by atoms with van der Waals surface area (Å²) in [5.41, 5.74) is 2.89. The van der Waals surface area contributed by atoms with Crippen molar-refractivity contribution in [1.29, 1.82) is 0 Å². The first-order valence-electron chi connectivity index (χ1n) is 10.0. The van der Waals surface area contributed by atoms with E-state index in [-0.39, 0.29) is 11.9 Å². The first-order chi connectivity index (χ1) is 14.0. The Balaban J connectivity index is 1.51. The topological polar surface area (TPSA) is 63.1 Å². The second kappa shape index (κ2) is 8.45. The zero-order valence-corrected chi connectivity index (χ0v) is 17.9. The third kappa shape index (κ3) is 4.24. The Bertz CT molecular complexity index is 1020. The number of fused-ring (bicyclic) bond motifs is 1. The summed E-state index contributed by atoms with van der Waals surface area (Å²) in [6.45, 7) is 6.75. The number of pyridine rings is 1. The van der Waals surface area contributed by atoms with Gasteiger partial charge in [0.25, 0.3) is 0 Å². The van der Waals surface area contributed by atoms with E-state index in [1.54, 1.807) is 18.0 Å². The fraction of sp³-hybridized carbons (Fsp3) is 0.409. The molecule has 0 spiro atoms. The van der Waals surface area contributed by atoms with Crippen LogP contribution in [0, 0.1) is 5.92 Å². The summed E-state index contributed by atoms with van der Waals surface area (Å²) < 4.78 is 2.29. The van der Waals surface area contributed by atoms with Crippen LogP contribution in [0.15, 0.2) is 47.6 Å². The van der Waals surface area contributed by atoms with Crippen molar-refractivity contribution in [3.05, 3.63) is 48.5 Å². The minimum atomic E-state index is -0.0426. The molecule has 3 heterocycles. The number of hydrogen-bond donors (Lipinski definition) is 1. The second-order valence-corrected chi connectivity index (χ2v) is 8.81. The predicted octanol–water partition coefficient (Wildman–Crippen LogP) is 4.83. The third-order valence-electron chi connectivity index (χ3n) is 5.29. The van der Waals surface area contributed by atoms with Crippen LogP contribution in [0.25, 0.3) is 11.0 Å². The zero-order valence-electron chi connectivity index (χ0n) is 17.1. The summed E-state index contributed by atoms with van der Waals surface area (Å²) in [7, 11) is 0.